The average molecular weight is 236 g/mol. The van der Waals surface area contributed by atoms with Crippen molar-refractivity contribution < 1.29 is 4.74 Å². The topological polar surface area (TPSA) is 9.23 Å². The third-order valence-electron chi connectivity index (χ3n) is 3.22. The van der Waals surface area contributed by atoms with Gasteiger partial charge in [-0.15, -0.1) is 0 Å². The first kappa shape index (κ1) is 11.1. The van der Waals surface area contributed by atoms with E-state index in [-0.39, 0.29) is 0 Å². The summed E-state index contributed by atoms with van der Waals surface area (Å²) in [6.07, 6.45) is 6.64. The Labute approximate surface area is 108 Å². The highest BCUT2D eigenvalue weighted by atomic mass is 16.5. The van der Waals surface area contributed by atoms with Gasteiger partial charge in [-0.2, -0.15) is 0 Å². The van der Waals surface area contributed by atoms with Crippen LogP contribution in [-0.2, 0) is 6.42 Å². The van der Waals surface area contributed by atoms with Gasteiger partial charge in [0.15, 0.2) is 0 Å². The van der Waals surface area contributed by atoms with Gasteiger partial charge in [-0.3, -0.25) is 0 Å². The summed E-state index contributed by atoms with van der Waals surface area (Å²) >= 11 is 0. The summed E-state index contributed by atoms with van der Waals surface area (Å²) in [7, 11) is 0. The summed E-state index contributed by atoms with van der Waals surface area (Å²) in [4.78, 5) is 0. The molecule has 0 aromatic heterocycles. The van der Waals surface area contributed by atoms with E-state index >= 15 is 0 Å². The van der Waals surface area contributed by atoms with Gasteiger partial charge in [0.05, 0.1) is 0 Å². The molecule has 0 N–H and O–H groups in total. The molecule has 2 aromatic rings. The molecule has 0 amide bonds. The molecule has 0 saturated carbocycles. The van der Waals surface area contributed by atoms with Crippen LogP contribution >= 0.6 is 0 Å². The molecule has 1 unspecified atom stereocenters. The van der Waals surface area contributed by atoms with Crippen LogP contribution in [-0.4, -0.2) is 6.10 Å². The molecule has 1 aliphatic heterocycles. The first-order valence-corrected chi connectivity index (χ1v) is 6.38. The van der Waals surface area contributed by atoms with Gasteiger partial charge in [0.25, 0.3) is 0 Å². The van der Waals surface area contributed by atoms with Crippen molar-refractivity contribution in [2.24, 2.45) is 0 Å². The van der Waals surface area contributed by atoms with Crippen molar-refractivity contribution >= 4 is 6.08 Å². The molecule has 18 heavy (non-hydrogen) atoms. The summed E-state index contributed by atoms with van der Waals surface area (Å²) in [6, 6.07) is 18.7. The number of benzene rings is 2. The number of hydrogen-bond acceptors (Lipinski definition) is 1. The molecule has 0 spiro atoms. The highest BCUT2D eigenvalue weighted by Crippen LogP contribution is 2.29. The predicted molar refractivity (Wildman–Crippen MR) is 74.7 cm³/mol. The normalized spacial score (nSPS) is 17.7. The van der Waals surface area contributed by atoms with Crippen LogP contribution in [0.5, 0.6) is 5.75 Å². The lowest BCUT2D eigenvalue weighted by Crippen LogP contribution is -2.10. The fourth-order valence-corrected chi connectivity index (χ4v) is 2.31. The molecule has 1 aliphatic rings. The minimum absolute atomic E-state index is 0.294. The quantitative estimate of drug-likeness (QED) is 0.779. The van der Waals surface area contributed by atoms with E-state index in [1.54, 1.807) is 0 Å². The first-order chi connectivity index (χ1) is 8.92. The van der Waals surface area contributed by atoms with Crippen LogP contribution in [0.3, 0.4) is 0 Å². The van der Waals surface area contributed by atoms with Crippen molar-refractivity contribution in [3.05, 3.63) is 71.8 Å². The molecule has 3 rings (SSSR count). The molecule has 1 heterocycles. The third-order valence-corrected chi connectivity index (χ3v) is 3.22. The summed E-state index contributed by atoms with van der Waals surface area (Å²) in [6.45, 7) is 0. The van der Waals surface area contributed by atoms with Crippen LogP contribution in [0.1, 0.15) is 17.5 Å². The Morgan fingerprint density at radius 3 is 2.61 bits per heavy atom. The second kappa shape index (κ2) is 5.09. The monoisotopic (exact) mass is 236 g/mol. The van der Waals surface area contributed by atoms with Crippen molar-refractivity contribution in [3.8, 4) is 5.75 Å². The van der Waals surface area contributed by atoms with Gasteiger partial charge < -0.3 is 4.74 Å². The van der Waals surface area contributed by atoms with E-state index in [1.807, 2.05) is 12.1 Å². The average Bonchev–Trinajstić information content (AvgIpc) is 2.82. The molecule has 2 aromatic carbocycles. The zero-order chi connectivity index (χ0) is 12.2. The molecule has 0 aliphatic carbocycles. The summed E-state index contributed by atoms with van der Waals surface area (Å²) in [5.74, 6) is 1.05. The van der Waals surface area contributed by atoms with Crippen LogP contribution in [0.15, 0.2) is 60.7 Å². The maximum atomic E-state index is 5.89. The first-order valence-electron chi connectivity index (χ1n) is 6.38. The maximum absolute atomic E-state index is 5.89. The van der Waals surface area contributed by atoms with Crippen molar-refractivity contribution in [1.29, 1.82) is 0 Å². The number of ether oxygens (including phenoxy) is 1. The molecular formula is C17H16O. The summed E-state index contributed by atoms with van der Waals surface area (Å²) in [5, 5.41) is 0. The lowest BCUT2D eigenvalue weighted by molar-refractivity contribution is 0.237. The fraction of sp³-hybridized carbons (Fsp3) is 0.176. The molecule has 1 nitrogen and oxygen atoms in total. The van der Waals surface area contributed by atoms with Gasteiger partial charge >= 0.3 is 0 Å². The van der Waals surface area contributed by atoms with Gasteiger partial charge in [0.2, 0.25) is 0 Å². The van der Waals surface area contributed by atoms with Gasteiger partial charge in [0.1, 0.15) is 11.9 Å². The Morgan fingerprint density at radius 1 is 1.00 bits per heavy atom. The minimum atomic E-state index is 0.294. The molecule has 90 valence electrons. The number of fused-ring (bicyclic) bond motifs is 1. The summed E-state index contributed by atoms with van der Waals surface area (Å²) in [5.41, 5.74) is 2.57. The maximum Gasteiger partial charge on any atom is 0.123 e. The Balaban J connectivity index is 1.59. The number of para-hydroxylation sites is 1. The Morgan fingerprint density at radius 2 is 1.78 bits per heavy atom. The fourth-order valence-electron chi connectivity index (χ4n) is 2.31. The van der Waals surface area contributed by atoms with Gasteiger partial charge in [-0.1, -0.05) is 60.7 Å². The molecule has 0 bridgehead atoms. The van der Waals surface area contributed by atoms with Crippen molar-refractivity contribution in [1.82, 2.24) is 0 Å². The SMILES string of the molecule is C(=Cc1ccccc1)CC1Cc2ccccc2O1. The zero-order valence-corrected chi connectivity index (χ0v) is 10.3. The highest BCUT2D eigenvalue weighted by molar-refractivity contribution is 5.48. The molecule has 0 saturated heterocycles. The van der Waals surface area contributed by atoms with E-state index in [0.29, 0.717) is 6.10 Å². The van der Waals surface area contributed by atoms with Crippen LogP contribution in [0.2, 0.25) is 0 Å². The van der Waals surface area contributed by atoms with Crippen molar-refractivity contribution in [2.75, 3.05) is 0 Å². The van der Waals surface area contributed by atoms with E-state index in [0.717, 1.165) is 18.6 Å². The largest absolute Gasteiger partial charge is 0.489 e. The van der Waals surface area contributed by atoms with Gasteiger partial charge in [-0.05, 0) is 17.2 Å². The standard InChI is InChI=1S/C17H16O/c1-2-7-14(8-3-1)9-6-11-16-13-15-10-4-5-12-17(15)18-16/h1-10,12,16H,11,13H2. The number of rotatable bonds is 3. The van der Waals surface area contributed by atoms with E-state index in [2.05, 4.69) is 54.6 Å². The second-order valence-corrected chi connectivity index (χ2v) is 4.60. The van der Waals surface area contributed by atoms with Crippen molar-refractivity contribution in [2.45, 2.75) is 18.9 Å². The van der Waals surface area contributed by atoms with E-state index < -0.39 is 0 Å². The van der Waals surface area contributed by atoms with E-state index in [4.69, 9.17) is 4.74 Å². The van der Waals surface area contributed by atoms with Gasteiger partial charge in [-0.25, -0.2) is 0 Å². The second-order valence-electron chi connectivity index (χ2n) is 4.60. The molecule has 1 atom stereocenters. The van der Waals surface area contributed by atoms with Crippen molar-refractivity contribution in [3.63, 3.8) is 0 Å². The lowest BCUT2D eigenvalue weighted by atomic mass is 10.1. The molecular weight excluding hydrogens is 220 g/mol. The number of hydrogen-bond donors (Lipinski definition) is 0. The van der Waals surface area contributed by atoms with Gasteiger partial charge in [0, 0.05) is 12.8 Å². The zero-order valence-electron chi connectivity index (χ0n) is 10.3. The molecule has 0 fully saturated rings. The van der Waals surface area contributed by atoms with E-state index in [1.165, 1.54) is 11.1 Å². The lowest BCUT2D eigenvalue weighted by Gasteiger charge is -2.06. The van der Waals surface area contributed by atoms with E-state index in [9.17, 15) is 0 Å². The molecule has 1 heteroatoms. The Hall–Kier alpha value is -2.02. The smallest absolute Gasteiger partial charge is 0.123 e. The highest BCUT2D eigenvalue weighted by Gasteiger charge is 2.20. The molecule has 0 radical (unpaired) electrons. The van der Waals surface area contributed by atoms with Crippen LogP contribution < -0.4 is 4.74 Å². The Kier molecular flexibility index (Phi) is 3.14. The minimum Gasteiger partial charge on any atom is -0.489 e. The Bertz CT molecular complexity index is 518. The third kappa shape index (κ3) is 2.45. The van der Waals surface area contributed by atoms with Crippen LogP contribution in [0, 0.1) is 0 Å². The predicted octanol–water partition coefficient (Wildman–Crippen LogP) is 4.09. The summed E-state index contributed by atoms with van der Waals surface area (Å²) < 4.78 is 5.89. The van der Waals surface area contributed by atoms with Crippen LogP contribution in [0.25, 0.3) is 6.08 Å². The van der Waals surface area contributed by atoms with Crippen LogP contribution in [0.4, 0.5) is 0 Å².